The van der Waals surface area contributed by atoms with Crippen molar-refractivity contribution in [3.05, 3.63) is 82.3 Å². The van der Waals surface area contributed by atoms with Crippen LogP contribution >= 0.6 is 0 Å². The van der Waals surface area contributed by atoms with Gasteiger partial charge in [-0.1, -0.05) is 6.92 Å². The van der Waals surface area contributed by atoms with Crippen LogP contribution in [0.5, 0.6) is 0 Å². The lowest BCUT2D eigenvalue weighted by atomic mass is 9.72. The molecule has 1 aliphatic carbocycles. The van der Waals surface area contributed by atoms with E-state index in [1.54, 1.807) is 30.8 Å². The fraction of sp³-hybridized carbons (Fsp3) is 0.569. The van der Waals surface area contributed by atoms with Gasteiger partial charge in [0.25, 0.3) is 42.2 Å². The number of hydrogen-bond donors (Lipinski definition) is 4. The molecule has 3 aliphatic heterocycles. The van der Waals surface area contributed by atoms with Crippen LogP contribution in [0, 0.1) is 0 Å². The third-order valence-corrected chi connectivity index (χ3v) is 16.6. The predicted octanol–water partition coefficient (Wildman–Crippen LogP) is 3.43. The number of anilines is 2. The van der Waals surface area contributed by atoms with Gasteiger partial charge < -0.3 is 52.9 Å². The van der Waals surface area contributed by atoms with Gasteiger partial charge >= 0.3 is 5.97 Å². The Kier molecular flexibility index (Phi) is 21.9. The number of benzene rings is 2. The molecule has 1 fully saturated rings. The summed E-state index contributed by atoms with van der Waals surface area (Å²) in [5.41, 5.74) is -0.790. The number of nitrogens with zero attached hydrogens (tertiary/aromatic N) is 3. The van der Waals surface area contributed by atoms with Crippen LogP contribution in [0.15, 0.2) is 80.9 Å². The average molecular weight is 1170 g/mol. The maximum Gasteiger partial charge on any atom is 0.333 e. The average Bonchev–Trinajstić information content (AvgIpc) is 4.18. The highest BCUT2D eigenvalue weighted by atomic mass is 32.2. The Balaban J connectivity index is 1.27. The van der Waals surface area contributed by atoms with Gasteiger partial charge in [-0.25, -0.2) is 4.79 Å². The van der Waals surface area contributed by atoms with Crippen LogP contribution in [0.2, 0.25) is 0 Å². The summed E-state index contributed by atoms with van der Waals surface area (Å²) in [5.74, 6) is -3.99. The van der Waals surface area contributed by atoms with Crippen molar-refractivity contribution in [3.8, 4) is 0 Å². The second-order valence-corrected chi connectivity index (χ2v) is 23.8. The largest absolute Gasteiger partial charge is 0.506 e. The van der Waals surface area contributed by atoms with Gasteiger partial charge in [0.05, 0.1) is 105 Å². The van der Waals surface area contributed by atoms with Crippen LogP contribution in [-0.4, -0.2) is 191 Å². The molecule has 25 nitrogen and oxygen atoms in total. The zero-order valence-corrected chi connectivity index (χ0v) is 46.9. The predicted molar refractivity (Wildman–Crippen MR) is 281 cm³/mol. The maximum absolute atomic E-state index is 14.6. The molecule has 0 spiro atoms. The van der Waals surface area contributed by atoms with Crippen molar-refractivity contribution in [2.45, 2.75) is 85.5 Å². The van der Waals surface area contributed by atoms with Gasteiger partial charge in [-0.2, -0.15) is 25.3 Å². The topological polar surface area (TPSA) is 335 Å². The monoisotopic (exact) mass is 1170 g/mol. The number of fused-ring (bicyclic) bond motifs is 2. The summed E-state index contributed by atoms with van der Waals surface area (Å²) < 4.78 is 142. The number of ether oxygens (including phenoxy) is 7. The van der Waals surface area contributed by atoms with Gasteiger partial charge in [0, 0.05) is 81.1 Å². The first kappa shape index (κ1) is 63.0. The van der Waals surface area contributed by atoms with Crippen LogP contribution in [0.3, 0.4) is 0 Å². The fourth-order valence-electron chi connectivity index (χ4n) is 9.94. The molecule has 438 valence electrons. The Labute approximate surface area is 459 Å². The summed E-state index contributed by atoms with van der Waals surface area (Å²) in [6.07, 6.45) is 2.48. The van der Waals surface area contributed by atoms with E-state index in [0.29, 0.717) is 79.5 Å². The van der Waals surface area contributed by atoms with Crippen LogP contribution < -0.4 is 9.80 Å². The molecule has 2 aromatic rings. The number of hydroxylamine groups is 2. The summed E-state index contributed by atoms with van der Waals surface area (Å²) in [6, 6.07) is 6.90. The number of aliphatic hydroxyl groups excluding tert-OH is 1. The van der Waals surface area contributed by atoms with Crippen molar-refractivity contribution < 1.29 is 101 Å². The molecular weight excluding hydrogens is 1100 g/mol. The number of imide groups is 1. The Morgan fingerprint density at radius 3 is 1.71 bits per heavy atom. The number of allylic oxidation sites excluding steroid dienone is 4. The Morgan fingerprint density at radius 2 is 1.19 bits per heavy atom. The van der Waals surface area contributed by atoms with E-state index in [0.717, 1.165) is 0 Å². The van der Waals surface area contributed by atoms with E-state index in [4.69, 9.17) is 38.0 Å². The van der Waals surface area contributed by atoms with Crippen LogP contribution in [0.4, 0.5) is 11.4 Å². The van der Waals surface area contributed by atoms with E-state index in [1.807, 2.05) is 0 Å². The molecule has 79 heavy (non-hydrogen) atoms. The fourth-order valence-corrected chi connectivity index (χ4v) is 11.5. The Morgan fingerprint density at radius 1 is 0.671 bits per heavy atom. The van der Waals surface area contributed by atoms with Crippen molar-refractivity contribution in [3.63, 3.8) is 0 Å². The van der Waals surface area contributed by atoms with Gasteiger partial charge in [0.2, 0.25) is 0 Å². The molecule has 3 atom stereocenters. The third kappa shape index (κ3) is 15.8. The minimum absolute atomic E-state index is 0.0172. The minimum Gasteiger partial charge on any atom is -0.506 e. The number of rotatable bonds is 34. The van der Waals surface area contributed by atoms with Crippen LogP contribution in [-0.2, 0) is 98.4 Å². The Bertz CT molecular complexity index is 2980. The van der Waals surface area contributed by atoms with Crippen LogP contribution in [0.1, 0.15) is 69.9 Å². The molecule has 1 saturated heterocycles. The molecule has 0 saturated carbocycles. The van der Waals surface area contributed by atoms with Gasteiger partial charge in [-0.05, 0) is 92.3 Å². The quantitative estimate of drug-likeness (QED) is 0.0337. The van der Waals surface area contributed by atoms with Gasteiger partial charge in [0.1, 0.15) is 5.76 Å². The third-order valence-electron chi connectivity index (χ3n) is 14.1. The smallest absolute Gasteiger partial charge is 0.333 e. The lowest BCUT2D eigenvalue weighted by Crippen LogP contribution is -2.44. The van der Waals surface area contributed by atoms with Crippen LogP contribution in [0.25, 0.3) is 0 Å². The highest BCUT2D eigenvalue weighted by molar-refractivity contribution is 7.86. The van der Waals surface area contributed by atoms with E-state index >= 15 is 0 Å². The van der Waals surface area contributed by atoms with Crippen molar-refractivity contribution in [2.24, 2.45) is 0 Å². The first-order chi connectivity index (χ1) is 37.4. The van der Waals surface area contributed by atoms with E-state index < -0.39 is 92.1 Å². The molecule has 3 heterocycles. The lowest BCUT2D eigenvalue weighted by Gasteiger charge is -2.37. The number of hydrogen-bond acceptors (Lipinski definition) is 21. The standard InChI is InChI=1S/C51H69N3O22S3/c1-50(14-6-30-77(60,61)62)39-31-35(78(63,64)65)9-11-42(39)53(17-19-71-22-23-73-26-27-75-29-28-74-25-24-72-21-20-70-4)43(50)33-37-48(58)38(49(37)59)34-44-51(2,15-18-69-3)40-32-36(79(66,67)68)8-10-41(40)52(44)16-5-7-47(57)76-54-45(55)12-13-46(54)56/h8-11,31-34,43,58H,5-7,12-30H2,1-4H3,(H,60,61,62)(H,63,64,65)(H,66,67,68)/b37-33+,44-34+. The molecule has 3 unspecified atom stereocenters. The number of amides is 2. The summed E-state index contributed by atoms with van der Waals surface area (Å²) in [4.78, 5) is 59.4. The van der Waals surface area contributed by atoms with Crippen molar-refractivity contribution >= 4 is 65.3 Å². The molecule has 2 amide bonds. The van der Waals surface area contributed by atoms with E-state index in [1.165, 1.54) is 55.7 Å². The first-order valence-electron chi connectivity index (χ1n) is 25.4. The summed E-state index contributed by atoms with van der Waals surface area (Å²) in [5, 5.41) is 12.4. The van der Waals surface area contributed by atoms with Crippen molar-refractivity contribution in [2.75, 3.05) is 122 Å². The molecule has 0 bridgehead atoms. The van der Waals surface area contributed by atoms with Crippen molar-refractivity contribution in [1.29, 1.82) is 0 Å². The second-order valence-electron chi connectivity index (χ2n) is 19.4. The normalized spacial score (nSPS) is 21.5. The first-order valence-corrected chi connectivity index (χ1v) is 29.9. The molecular formula is C51H69N3O22S3. The van der Waals surface area contributed by atoms with E-state index in [2.05, 4.69) is 0 Å². The van der Waals surface area contributed by atoms with Gasteiger partial charge in [-0.15, -0.1) is 5.06 Å². The maximum atomic E-state index is 14.6. The lowest BCUT2D eigenvalue weighted by molar-refractivity contribution is -0.197. The summed E-state index contributed by atoms with van der Waals surface area (Å²) >= 11 is 0. The van der Waals surface area contributed by atoms with Gasteiger partial charge in [0.15, 0.2) is 5.78 Å². The zero-order valence-electron chi connectivity index (χ0n) is 44.5. The number of Topliss-reactive ketones (excluding diaryl/α,β-unsaturated/α-hetero) is 1. The highest BCUT2D eigenvalue weighted by Crippen LogP contribution is 2.53. The number of aliphatic hydroxyl groups is 1. The molecule has 0 aromatic heterocycles. The SMILES string of the molecule is COCCOCCOCCOCCOCCOCCN1c2ccc(S(=O)(=O)O)cc2C(C)(CCCS(=O)(=O)O)C1/C=C1/C(=O)C(/C=C2/N(CCCC(=O)ON3C(=O)CCC3=O)c3ccc(S(=O)(=O)O)cc3C2(C)CCOC)=C1O. The molecule has 0 radical (unpaired) electrons. The molecule has 4 aliphatic rings. The highest BCUT2D eigenvalue weighted by Gasteiger charge is 2.50. The minimum atomic E-state index is -4.76. The number of carbonyl (C=O) groups is 4. The molecule has 4 N–H and O–H groups in total. The Hall–Kier alpha value is -5.21. The van der Waals surface area contributed by atoms with Gasteiger partial charge in [-0.3, -0.25) is 28.0 Å². The number of ketones is 1. The molecule has 6 rings (SSSR count). The summed E-state index contributed by atoms with van der Waals surface area (Å²) in [7, 11) is -10.9. The number of methoxy groups -OCH3 is 2. The second kappa shape index (κ2) is 27.5. The van der Waals surface area contributed by atoms with E-state index in [-0.39, 0.29) is 102 Å². The molecule has 2 aromatic carbocycles. The number of carbonyl (C=O) groups excluding carboxylic acids is 4. The zero-order chi connectivity index (χ0) is 57.8. The van der Waals surface area contributed by atoms with E-state index in [9.17, 15) is 63.2 Å². The van der Waals surface area contributed by atoms with Crippen molar-refractivity contribution in [1.82, 2.24) is 5.06 Å². The summed E-state index contributed by atoms with van der Waals surface area (Å²) in [6.45, 7) is 7.23. The molecule has 28 heteroatoms.